The summed E-state index contributed by atoms with van der Waals surface area (Å²) in [6.07, 6.45) is 4.53. The van der Waals surface area contributed by atoms with E-state index < -0.39 is 36.0 Å². The van der Waals surface area contributed by atoms with Gasteiger partial charge in [-0.05, 0) is 48.3 Å². The number of hydrogen-bond acceptors (Lipinski definition) is 7. The zero-order valence-electron chi connectivity index (χ0n) is 24.4. The van der Waals surface area contributed by atoms with Gasteiger partial charge in [0.05, 0.1) is 17.5 Å². The van der Waals surface area contributed by atoms with Crippen LogP contribution in [-0.4, -0.2) is 68.4 Å². The topological polar surface area (TPSA) is 196 Å². The third kappa shape index (κ3) is 10.1. The predicted molar refractivity (Wildman–Crippen MR) is 160 cm³/mol. The maximum atomic E-state index is 13.3. The quantitative estimate of drug-likeness (QED) is 0.131. The summed E-state index contributed by atoms with van der Waals surface area (Å²) in [5.74, 6) is -5.29. The molecule has 236 valence electrons. The van der Waals surface area contributed by atoms with Crippen LogP contribution in [0.3, 0.4) is 0 Å². The van der Waals surface area contributed by atoms with Crippen molar-refractivity contribution in [3.05, 3.63) is 71.9 Å². The van der Waals surface area contributed by atoms with E-state index in [4.69, 9.17) is 24.5 Å². The second-order valence-electron chi connectivity index (χ2n) is 10.4. The highest BCUT2D eigenvalue weighted by atomic mass is 16.5. The van der Waals surface area contributed by atoms with Crippen LogP contribution >= 0.6 is 0 Å². The number of carbonyl (C=O) groups excluding carboxylic acids is 2. The average Bonchev–Trinajstić information content (AvgIpc) is 3.63. The maximum Gasteiger partial charge on any atom is 0.414 e. The molecule has 1 aromatic heterocycles. The molecule has 2 aromatic carbocycles. The van der Waals surface area contributed by atoms with Crippen molar-refractivity contribution in [2.75, 3.05) is 6.54 Å². The highest BCUT2D eigenvalue weighted by Crippen LogP contribution is 2.26. The molecule has 3 aromatic rings. The van der Waals surface area contributed by atoms with Crippen LogP contribution in [0.25, 0.3) is 10.9 Å². The number of aromatic nitrogens is 1. The van der Waals surface area contributed by atoms with E-state index in [1.807, 2.05) is 55.7 Å². The average molecular weight is 611 g/mol. The first-order valence-electron chi connectivity index (χ1n) is 14.3. The molecule has 3 atom stereocenters. The summed E-state index contributed by atoms with van der Waals surface area (Å²) in [5.41, 5.74) is 3.08. The molecule has 2 amide bonds. The lowest BCUT2D eigenvalue weighted by Gasteiger charge is -2.23. The van der Waals surface area contributed by atoms with E-state index in [0.29, 0.717) is 38.8 Å². The summed E-state index contributed by atoms with van der Waals surface area (Å²) in [4.78, 5) is 55.2. The molecule has 0 radical (unpaired) electrons. The third-order valence-electron chi connectivity index (χ3n) is 7.33. The molecule has 0 spiro atoms. The second-order valence-corrected chi connectivity index (χ2v) is 10.4. The van der Waals surface area contributed by atoms with Crippen LogP contribution in [-0.2, 0) is 44.1 Å². The molecule has 0 unspecified atom stereocenters. The van der Waals surface area contributed by atoms with Crippen molar-refractivity contribution in [2.24, 2.45) is 13.0 Å². The minimum atomic E-state index is -1.82. The first-order valence-corrected chi connectivity index (χ1v) is 14.3. The Labute approximate surface area is 254 Å². The second kappa shape index (κ2) is 16.7. The van der Waals surface area contributed by atoms with Gasteiger partial charge in [-0.2, -0.15) is 0 Å². The Balaban J connectivity index is 0.000000801. The van der Waals surface area contributed by atoms with Gasteiger partial charge in [-0.1, -0.05) is 55.0 Å². The van der Waals surface area contributed by atoms with E-state index in [-0.39, 0.29) is 18.6 Å². The minimum Gasteiger partial charge on any atom is -0.481 e. The summed E-state index contributed by atoms with van der Waals surface area (Å²) in [6, 6.07) is 16.7. The van der Waals surface area contributed by atoms with Crippen molar-refractivity contribution in [3.63, 3.8) is 0 Å². The molecule has 6 N–H and O–H groups in total. The lowest BCUT2D eigenvalue weighted by Crippen LogP contribution is -2.49. The summed E-state index contributed by atoms with van der Waals surface area (Å²) in [7, 11) is 1.99. The standard InChI is InChI=1S/C29H36N4O5.C2H2O4/c1-33-17-15-21-10-5-11-22(26(21)33)18-31-25(27(34)32-24-13-6-12-23(24)28(35)36)14-7-16-30-29(37)38-19-20-8-3-2-4-9-20;3-1(4)2(5)6/h2-5,8-11,15,17,23-25,31H,6-7,12-14,16,18-19H2,1H3,(H,30,37)(H,32,34)(H,35,36);(H,3,4)(H,5,6)/t23-,24+,25+;/m1./s1. The number of fused-ring (bicyclic) bond motifs is 1. The van der Waals surface area contributed by atoms with E-state index >= 15 is 0 Å². The molecule has 1 aliphatic rings. The van der Waals surface area contributed by atoms with Crippen LogP contribution in [0.15, 0.2) is 60.8 Å². The SMILES string of the molecule is Cn1ccc2cccc(CN[C@@H](CCCNC(=O)OCc3ccccc3)C(=O)N[C@H]3CCC[C@H]3C(=O)O)c21.O=C(O)C(=O)O. The fraction of sp³-hybridized carbons (Fsp3) is 0.387. The number of para-hydroxylation sites is 1. The highest BCUT2D eigenvalue weighted by Gasteiger charge is 2.35. The number of hydrogen-bond donors (Lipinski definition) is 6. The van der Waals surface area contributed by atoms with Gasteiger partial charge in [0, 0.05) is 32.4 Å². The normalized spacial score (nSPS) is 16.3. The largest absolute Gasteiger partial charge is 0.481 e. The first kappa shape index (κ1) is 33.6. The fourth-order valence-electron chi connectivity index (χ4n) is 5.13. The van der Waals surface area contributed by atoms with Gasteiger partial charge in [-0.25, -0.2) is 14.4 Å². The van der Waals surface area contributed by atoms with Gasteiger partial charge in [0.25, 0.3) is 0 Å². The number of carboxylic acid groups (broad SMARTS) is 3. The highest BCUT2D eigenvalue weighted by molar-refractivity contribution is 6.27. The smallest absolute Gasteiger partial charge is 0.414 e. The molecule has 1 aliphatic carbocycles. The van der Waals surface area contributed by atoms with Gasteiger partial charge in [0.1, 0.15) is 6.61 Å². The number of aliphatic carboxylic acids is 3. The van der Waals surface area contributed by atoms with Gasteiger partial charge in [0.2, 0.25) is 5.91 Å². The van der Waals surface area contributed by atoms with E-state index in [0.717, 1.165) is 28.5 Å². The van der Waals surface area contributed by atoms with Crippen molar-refractivity contribution in [1.29, 1.82) is 0 Å². The number of nitrogens with one attached hydrogen (secondary N) is 3. The van der Waals surface area contributed by atoms with E-state index in [1.165, 1.54) is 0 Å². The maximum absolute atomic E-state index is 13.3. The number of carbonyl (C=O) groups is 5. The summed E-state index contributed by atoms with van der Waals surface area (Å²) < 4.78 is 7.31. The lowest BCUT2D eigenvalue weighted by atomic mass is 10.0. The van der Waals surface area contributed by atoms with Crippen molar-refractivity contribution in [1.82, 2.24) is 20.5 Å². The lowest BCUT2D eigenvalue weighted by molar-refractivity contribution is -0.159. The number of amides is 2. The molecule has 4 rings (SSSR count). The number of ether oxygens (including phenoxy) is 1. The van der Waals surface area contributed by atoms with Crippen LogP contribution in [0.4, 0.5) is 4.79 Å². The van der Waals surface area contributed by atoms with Gasteiger partial charge in [-0.3, -0.25) is 9.59 Å². The van der Waals surface area contributed by atoms with Crippen LogP contribution in [0.2, 0.25) is 0 Å². The molecule has 1 fully saturated rings. The van der Waals surface area contributed by atoms with Gasteiger partial charge < -0.3 is 40.6 Å². The zero-order valence-corrected chi connectivity index (χ0v) is 24.4. The van der Waals surface area contributed by atoms with Crippen LogP contribution < -0.4 is 16.0 Å². The van der Waals surface area contributed by atoms with Crippen molar-refractivity contribution >= 4 is 40.8 Å². The van der Waals surface area contributed by atoms with Gasteiger partial charge in [-0.15, -0.1) is 0 Å². The molecule has 13 nitrogen and oxygen atoms in total. The number of nitrogens with zero attached hydrogens (tertiary/aromatic N) is 1. The van der Waals surface area contributed by atoms with Crippen LogP contribution in [0.5, 0.6) is 0 Å². The van der Waals surface area contributed by atoms with Crippen molar-refractivity contribution < 1.29 is 44.0 Å². The Hall–Kier alpha value is -4.91. The molecule has 1 heterocycles. The number of aryl methyl sites for hydroxylation is 1. The van der Waals surface area contributed by atoms with Crippen LogP contribution in [0, 0.1) is 5.92 Å². The Morgan fingerprint density at radius 2 is 1.68 bits per heavy atom. The Morgan fingerprint density at radius 1 is 0.955 bits per heavy atom. The Bertz CT molecular complexity index is 1430. The van der Waals surface area contributed by atoms with E-state index in [2.05, 4.69) is 32.7 Å². The summed E-state index contributed by atoms with van der Waals surface area (Å²) in [5, 5.41) is 34.5. The van der Waals surface area contributed by atoms with Crippen molar-refractivity contribution in [2.45, 2.75) is 57.3 Å². The Morgan fingerprint density at radius 3 is 2.36 bits per heavy atom. The monoisotopic (exact) mass is 610 g/mol. The van der Waals surface area contributed by atoms with Gasteiger partial charge >= 0.3 is 24.0 Å². The van der Waals surface area contributed by atoms with E-state index in [9.17, 15) is 19.5 Å². The first-order chi connectivity index (χ1) is 21.1. The number of alkyl carbamates (subject to hydrolysis) is 1. The molecule has 0 aliphatic heterocycles. The number of rotatable bonds is 12. The molecule has 13 heteroatoms. The molecule has 1 saturated carbocycles. The van der Waals surface area contributed by atoms with Crippen molar-refractivity contribution in [3.8, 4) is 0 Å². The predicted octanol–water partition coefficient (Wildman–Crippen LogP) is 2.87. The molecule has 44 heavy (non-hydrogen) atoms. The summed E-state index contributed by atoms with van der Waals surface area (Å²) >= 11 is 0. The summed E-state index contributed by atoms with van der Waals surface area (Å²) in [6.45, 7) is 1.02. The zero-order chi connectivity index (χ0) is 32.1. The van der Waals surface area contributed by atoms with Gasteiger partial charge in [0.15, 0.2) is 0 Å². The fourth-order valence-corrected chi connectivity index (χ4v) is 5.13. The Kier molecular flexibility index (Phi) is 12.7. The minimum absolute atomic E-state index is 0.191. The molecule has 0 bridgehead atoms. The molecular weight excluding hydrogens is 572 g/mol. The third-order valence-corrected chi connectivity index (χ3v) is 7.33. The molecular formula is C31H38N4O9. The van der Waals surface area contributed by atoms with Crippen LogP contribution in [0.1, 0.15) is 43.2 Å². The number of carboxylic acids is 3. The molecule has 0 saturated heterocycles. The number of benzene rings is 2. The van der Waals surface area contributed by atoms with E-state index in [1.54, 1.807) is 0 Å².